The van der Waals surface area contributed by atoms with Crippen molar-refractivity contribution in [2.24, 2.45) is 0 Å². The van der Waals surface area contributed by atoms with Crippen LogP contribution in [0.25, 0.3) is 10.9 Å². The van der Waals surface area contributed by atoms with E-state index in [-0.39, 0.29) is 11.9 Å². The van der Waals surface area contributed by atoms with Gasteiger partial charge in [0, 0.05) is 61.1 Å². The summed E-state index contributed by atoms with van der Waals surface area (Å²) in [6.45, 7) is 0. The molecule has 1 aromatic carbocycles. The summed E-state index contributed by atoms with van der Waals surface area (Å²) < 4.78 is 0. The van der Waals surface area contributed by atoms with Gasteiger partial charge >= 0.3 is 0 Å². The van der Waals surface area contributed by atoms with Crippen molar-refractivity contribution < 1.29 is 4.79 Å². The highest BCUT2D eigenvalue weighted by Gasteiger charge is 2.29. The Kier molecular flexibility index (Phi) is 6.17. The van der Waals surface area contributed by atoms with E-state index in [2.05, 4.69) is 42.9 Å². The number of para-hydroxylation sites is 1. The molecule has 2 aliphatic carbocycles. The van der Waals surface area contributed by atoms with Gasteiger partial charge in [0.15, 0.2) is 0 Å². The van der Waals surface area contributed by atoms with Crippen molar-refractivity contribution in [3.63, 3.8) is 0 Å². The smallest absolute Gasteiger partial charge is 0.220 e. The molecule has 0 unspecified atom stereocenters. The van der Waals surface area contributed by atoms with E-state index in [0.717, 1.165) is 59.8 Å². The second-order valence-electron chi connectivity index (χ2n) is 10.1. The molecule has 186 valence electrons. The molecule has 1 fully saturated rings. The minimum Gasteiger partial charge on any atom is -0.373 e. The molecule has 3 heterocycles. The van der Waals surface area contributed by atoms with Gasteiger partial charge in [-0.2, -0.15) is 5.10 Å². The lowest BCUT2D eigenvalue weighted by Crippen LogP contribution is -2.31. The lowest BCUT2D eigenvalue weighted by Gasteiger charge is -2.20. The van der Waals surface area contributed by atoms with Crippen molar-refractivity contribution in [1.82, 2.24) is 30.5 Å². The molecule has 0 radical (unpaired) electrons. The van der Waals surface area contributed by atoms with Crippen molar-refractivity contribution >= 4 is 22.6 Å². The fourth-order valence-electron chi connectivity index (χ4n) is 5.32. The first-order valence-corrected chi connectivity index (χ1v) is 13.1. The lowest BCUT2D eigenvalue weighted by atomic mass is 9.94. The summed E-state index contributed by atoms with van der Waals surface area (Å²) in [4.78, 5) is 26.2. The predicted molar refractivity (Wildman–Crippen MR) is 140 cm³/mol. The maximum absolute atomic E-state index is 13.3. The van der Waals surface area contributed by atoms with Crippen molar-refractivity contribution in [3.05, 3.63) is 70.6 Å². The van der Waals surface area contributed by atoms with Crippen molar-refractivity contribution in [1.29, 1.82) is 0 Å². The SMILES string of the molecule is CNc1cc([C@H](Cc2c[nH]c3ccccc23)NC(=O)CCc2n[nH]c3c2CCCC3)nc(C2CC2)n1. The fraction of sp³-hybridized carbons (Fsp3) is 0.429. The number of carbonyl (C=O) groups excluding carboxylic acids is 1. The molecule has 1 atom stereocenters. The Morgan fingerprint density at radius 2 is 2.03 bits per heavy atom. The number of anilines is 1. The van der Waals surface area contributed by atoms with E-state index in [4.69, 9.17) is 4.98 Å². The molecule has 4 N–H and O–H groups in total. The monoisotopic (exact) mass is 483 g/mol. The van der Waals surface area contributed by atoms with E-state index in [1.54, 1.807) is 0 Å². The summed E-state index contributed by atoms with van der Waals surface area (Å²) in [5, 5.41) is 15.4. The summed E-state index contributed by atoms with van der Waals surface area (Å²) in [6.07, 6.45) is 10.5. The number of aryl methyl sites for hydroxylation is 2. The average molecular weight is 484 g/mol. The van der Waals surface area contributed by atoms with Gasteiger partial charge in [0.1, 0.15) is 11.6 Å². The van der Waals surface area contributed by atoms with Gasteiger partial charge in [-0.15, -0.1) is 0 Å². The zero-order valence-corrected chi connectivity index (χ0v) is 20.7. The molecule has 1 saturated carbocycles. The molecule has 4 aromatic rings. The number of H-pyrrole nitrogens is 2. The van der Waals surface area contributed by atoms with Gasteiger partial charge < -0.3 is 15.6 Å². The normalized spacial score (nSPS) is 16.0. The highest BCUT2D eigenvalue weighted by Crippen LogP contribution is 2.39. The molecule has 3 aromatic heterocycles. The van der Waals surface area contributed by atoms with Gasteiger partial charge in [0.25, 0.3) is 0 Å². The minimum absolute atomic E-state index is 0.0185. The van der Waals surface area contributed by atoms with Crippen LogP contribution in [0.2, 0.25) is 0 Å². The third kappa shape index (κ3) is 4.72. The fourth-order valence-corrected chi connectivity index (χ4v) is 5.32. The Bertz CT molecular complexity index is 1380. The summed E-state index contributed by atoms with van der Waals surface area (Å²) in [5.41, 5.74) is 6.73. The van der Waals surface area contributed by atoms with Crippen LogP contribution in [0, 0.1) is 0 Å². The molecular formula is C28H33N7O. The van der Waals surface area contributed by atoms with Crippen LogP contribution in [-0.4, -0.2) is 38.1 Å². The summed E-state index contributed by atoms with van der Waals surface area (Å²) in [5.74, 6) is 2.11. The molecule has 8 nitrogen and oxygen atoms in total. The number of nitrogens with one attached hydrogen (secondary N) is 4. The first-order valence-electron chi connectivity index (χ1n) is 13.1. The van der Waals surface area contributed by atoms with Gasteiger partial charge in [-0.1, -0.05) is 18.2 Å². The van der Waals surface area contributed by atoms with Gasteiger partial charge in [-0.3, -0.25) is 9.89 Å². The zero-order valence-electron chi connectivity index (χ0n) is 20.7. The van der Waals surface area contributed by atoms with Gasteiger partial charge in [0.2, 0.25) is 5.91 Å². The molecule has 1 amide bonds. The predicted octanol–water partition coefficient (Wildman–Crippen LogP) is 4.51. The molecule has 0 saturated heterocycles. The third-order valence-corrected chi connectivity index (χ3v) is 7.48. The summed E-state index contributed by atoms with van der Waals surface area (Å²) in [6, 6.07) is 9.99. The second-order valence-corrected chi connectivity index (χ2v) is 10.1. The van der Waals surface area contributed by atoms with E-state index < -0.39 is 0 Å². The molecule has 2 aliphatic rings. The van der Waals surface area contributed by atoms with E-state index in [9.17, 15) is 4.79 Å². The maximum Gasteiger partial charge on any atom is 0.220 e. The van der Waals surface area contributed by atoms with Crippen LogP contribution in [0.1, 0.15) is 78.1 Å². The topological polar surface area (TPSA) is 111 Å². The Balaban J connectivity index is 1.25. The minimum atomic E-state index is -0.252. The van der Waals surface area contributed by atoms with Crippen LogP contribution in [0.15, 0.2) is 36.5 Å². The Labute approximate surface area is 210 Å². The second kappa shape index (κ2) is 9.76. The Morgan fingerprint density at radius 3 is 2.89 bits per heavy atom. The van der Waals surface area contributed by atoms with Gasteiger partial charge in [-0.25, -0.2) is 9.97 Å². The number of hydrogen-bond donors (Lipinski definition) is 4. The van der Waals surface area contributed by atoms with Crippen LogP contribution < -0.4 is 10.6 Å². The molecule has 0 bridgehead atoms. The molecule has 0 aliphatic heterocycles. The molecule has 8 heteroatoms. The number of hydrogen-bond acceptors (Lipinski definition) is 5. The van der Waals surface area contributed by atoms with Crippen LogP contribution >= 0.6 is 0 Å². The number of aromatic amines is 2. The molecule has 36 heavy (non-hydrogen) atoms. The number of carbonyl (C=O) groups is 1. The third-order valence-electron chi connectivity index (χ3n) is 7.48. The van der Waals surface area contributed by atoms with Crippen molar-refractivity contribution in [2.75, 3.05) is 12.4 Å². The first-order chi connectivity index (χ1) is 17.7. The van der Waals surface area contributed by atoms with Crippen molar-refractivity contribution in [2.45, 2.75) is 69.7 Å². The van der Waals surface area contributed by atoms with Gasteiger partial charge in [0.05, 0.1) is 17.4 Å². The molecule has 6 rings (SSSR count). The van der Waals surface area contributed by atoms with E-state index >= 15 is 0 Å². The standard InChI is InChI=1S/C28H33N7O/c1-29-26-15-25(32-28(33-26)17-10-11-17)24(14-18-16-30-21-8-4-2-6-19(18)21)31-27(36)13-12-23-20-7-3-5-9-22(20)34-35-23/h2,4,6,8,15-17,24,30H,3,5,7,9-14H2,1H3,(H,31,36)(H,34,35)(H,29,32,33)/t24-/m0/s1. The highest BCUT2D eigenvalue weighted by molar-refractivity contribution is 5.83. The molecular weight excluding hydrogens is 450 g/mol. The van der Waals surface area contributed by atoms with Crippen LogP contribution in [0.5, 0.6) is 0 Å². The number of aromatic nitrogens is 5. The van der Waals surface area contributed by atoms with Crippen LogP contribution in [0.3, 0.4) is 0 Å². The van der Waals surface area contributed by atoms with E-state index in [1.165, 1.54) is 29.5 Å². The number of rotatable bonds is 9. The first kappa shape index (κ1) is 22.8. The lowest BCUT2D eigenvalue weighted by molar-refractivity contribution is -0.121. The Morgan fingerprint density at radius 1 is 1.17 bits per heavy atom. The molecule has 0 spiro atoms. The number of benzene rings is 1. The summed E-state index contributed by atoms with van der Waals surface area (Å²) >= 11 is 0. The Hall–Kier alpha value is -3.68. The van der Waals surface area contributed by atoms with Crippen LogP contribution in [0.4, 0.5) is 5.82 Å². The number of amides is 1. The largest absolute Gasteiger partial charge is 0.373 e. The average Bonchev–Trinajstić information content (AvgIpc) is 3.57. The van der Waals surface area contributed by atoms with E-state index in [1.807, 2.05) is 31.4 Å². The number of nitrogens with zero attached hydrogens (tertiary/aromatic N) is 3. The van der Waals surface area contributed by atoms with Crippen molar-refractivity contribution in [3.8, 4) is 0 Å². The zero-order chi connectivity index (χ0) is 24.5. The summed E-state index contributed by atoms with van der Waals surface area (Å²) in [7, 11) is 1.88. The number of fused-ring (bicyclic) bond motifs is 2. The van der Waals surface area contributed by atoms with Crippen LogP contribution in [-0.2, 0) is 30.5 Å². The van der Waals surface area contributed by atoms with Gasteiger partial charge in [-0.05, 0) is 55.7 Å². The quantitative estimate of drug-likeness (QED) is 0.280. The highest BCUT2D eigenvalue weighted by atomic mass is 16.1. The van der Waals surface area contributed by atoms with E-state index in [0.29, 0.717) is 25.2 Å². The maximum atomic E-state index is 13.3.